The average Bonchev–Trinajstić information content (AvgIpc) is 2.87. The van der Waals surface area contributed by atoms with E-state index in [0.717, 1.165) is 38.3 Å². The second-order valence-electron chi connectivity index (χ2n) is 5.05. The average molecular weight is 271 g/mol. The first kappa shape index (κ1) is 13.1. The Hall–Kier alpha value is -1.94. The topological polar surface area (TPSA) is 28.2 Å². The zero-order valence-electron chi connectivity index (χ0n) is 11.3. The van der Waals surface area contributed by atoms with Crippen molar-refractivity contribution in [1.29, 1.82) is 0 Å². The predicted molar refractivity (Wildman–Crippen MR) is 78.3 cm³/mol. The predicted octanol–water partition coefficient (Wildman–Crippen LogP) is 2.37. The van der Waals surface area contributed by atoms with Crippen molar-refractivity contribution in [3.8, 4) is 0 Å². The van der Waals surface area contributed by atoms with Crippen LogP contribution < -0.4 is 10.2 Å². The Kier molecular flexibility index (Phi) is 3.92. The normalized spacial score (nSPS) is 13.6. The van der Waals surface area contributed by atoms with Gasteiger partial charge in [-0.25, -0.2) is 4.39 Å². The molecule has 2 heterocycles. The lowest BCUT2D eigenvalue weighted by Gasteiger charge is -2.19. The molecule has 0 unspecified atom stereocenters. The van der Waals surface area contributed by atoms with E-state index in [2.05, 4.69) is 21.3 Å². The lowest BCUT2D eigenvalue weighted by atomic mass is 10.2. The van der Waals surface area contributed by atoms with Gasteiger partial charge in [0.05, 0.1) is 0 Å². The first-order chi connectivity index (χ1) is 9.83. The maximum atomic E-state index is 13.3. The Bertz CT molecular complexity index is 571. The second-order valence-corrected chi connectivity index (χ2v) is 5.05. The van der Waals surface area contributed by atoms with Crippen molar-refractivity contribution in [2.75, 3.05) is 24.5 Å². The second kappa shape index (κ2) is 6.01. The standard InChI is InChI=1S/C16H18FN3/c17-15-4-3-14-5-8-20(16(14)10-15)9-7-19-12-13-2-1-6-18-11-13/h1-4,6,10-11,19H,5,7-9,12H2. The fraction of sp³-hybridized carbons (Fsp3) is 0.312. The Morgan fingerprint density at radius 3 is 3.10 bits per heavy atom. The quantitative estimate of drug-likeness (QED) is 0.846. The smallest absolute Gasteiger partial charge is 0.125 e. The van der Waals surface area contributed by atoms with Crippen molar-refractivity contribution in [2.45, 2.75) is 13.0 Å². The minimum Gasteiger partial charge on any atom is -0.370 e. The van der Waals surface area contributed by atoms with Crippen LogP contribution in [-0.2, 0) is 13.0 Å². The zero-order chi connectivity index (χ0) is 13.8. The van der Waals surface area contributed by atoms with Crippen LogP contribution in [0.4, 0.5) is 10.1 Å². The van der Waals surface area contributed by atoms with Gasteiger partial charge in [0.1, 0.15) is 5.82 Å². The van der Waals surface area contributed by atoms with Crippen LogP contribution in [0.3, 0.4) is 0 Å². The van der Waals surface area contributed by atoms with Gasteiger partial charge in [0.25, 0.3) is 0 Å². The molecule has 0 fully saturated rings. The minimum absolute atomic E-state index is 0.154. The Morgan fingerprint density at radius 2 is 2.25 bits per heavy atom. The number of rotatable bonds is 5. The number of pyridine rings is 1. The van der Waals surface area contributed by atoms with Crippen molar-refractivity contribution in [2.24, 2.45) is 0 Å². The molecule has 104 valence electrons. The van der Waals surface area contributed by atoms with Crippen LogP contribution in [0.2, 0.25) is 0 Å². The van der Waals surface area contributed by atoms with E-state index >= 15 is 0 Å². The summed E-state index contributed by atoms with van der Waals surface area (Å²) in [5.41, 5.74) is 3.48. The molecule has 3 rings (SSSR count). The molecular formula is C16H18FN3. The number of anilines is 1. The number of halogens is 1. The van der Waals surface area contributed by atoms with Crippen LogP contribution in [0.25, 0.3) is 0 Å². The largest absolute Gasteiger partial charge is 0.370 e. The summed E-state index contributed by atoms with van der Waals surface area (Å²) >= 11 is 0. The highest BCUT2D eigenvalue weighted by molar-refractivity contribution is 5.58. The van der Waals surface area contributed by atoms with Gasteiger partial charge in [-0.2, -0.15) is 0 Å². The van der Waals surface area contributed by atoms with E-state index in [-0.39, 0.29) is 5.82 Å². The molecule has 0 aliphatic carbocycles. The van der Waals surface area contributed by atoms with E-state index in [1.54, 1.807) is 18.3 Å². The minimum atomic E-state index is -0.154. The number of benzene rings is 1. The molecule has 0 amide bonds. The van der Waals surface area contributed by atoms with Gasteiger partial charge in [-0.3, -0.25) is 4.98 Å². The van der Waals surface area contributed by atoms with Crippen molar-refractivity contribution >= 4 is 5.69 Å². The van der Waals surface area contributed by atoms with Crippen LogP contribution in [0.1, 0.15) is 11.1 Å². The molecule has 1 aromatic heterocycles. The molecule has 20 heavy (non-hydrogen) atoms. The summed E-state index contributed by atoms with van der Waals surface area (Å²) in [6, 6.07) is 9.08. The van der Waals surface area contributed by atoms with Crippen LogP contribution in [0.5, 0.6) is 0 Å². The highest BCUT2D eigenvalue weighted by Crippen LogP contribution is 2.27. The van der Waals surface area contributed by atoms with Gasteiger partial charge < -0.3 is 10.2 Å². The molecule has 0 saturated heterocycles. The van der Waals surface area contributed by atoms with Crippen LogP contribution in [-0.4, -0.2) is 24.6 Å². The van der Waals surface area contributed by atoms with Crippen molar-refractivity contribution in [3.63, 3.8) is 0 Å². The SMILES string of the molecule is Fc1ccc2c(c1)N(CCNCc1cccnc1)CC2. The summed E-state index contributed by atoms with van der Waals surface area (Å²) < 4.78 is 13.3. The van der Waals surface area contributed by atoms with E-state index in [9.17, 15) is 4.39 Å². The molecule has 1 aromatic carbocycles. The fourth-order valence-corrected chi connectivity index (χ4v) is 2.60. The zero-order valence-corrected chi connectivity index (χ0v) is 11.3. The first-order valence-electron chi connectivity index (χ1n) is 6.96. The van der Waals surface area contributed by atoms with Crippen molar-refractivity contribution in [1.82, 2.24) is 10.3 Å². The van der Waals surface area contributed by atoms with Gasteiger partial charge >= 0.3 is 0 Å². The molecule has 0 spiro atoms. The third-order valence-electron chi connectivity index (χ3n) is 3.65. The third-order valence-corrected chi connectivity index (χ3v) is 3.65. The lowest BCUT2D eigenvalue weighted by Crippen LogP contribution is -2.30. The van der Waals surface area contributed by atoms with Gasteiger partial charge in [-0.05, 0) is 35.7 Å². The Labute approximate surface area is 118 Å². The summed E-state index contributed by atoms with van der Waals surface area (Å²) in [5.74, 6) is -0.154. The van der Waals surface area contributed by atoms with E-state index in [1.807, 2.05) is 18.3 Å². The number of hydrogen-bond acceptors (Lipinski definition) is 3. The van der Waals surface area contributed by atoms with E-state index in [4.69, 9.17) is 0 Å². The first-order valence-corrected chi connectivity index (χ1v) is 6.96. The van der Waals surface area contributed by atoms with Gasteiger partial charge in [-0.1, -0.05) is 12.1 Å². The molecule has 0 saturated carbocycles. The van der Waals surface area contributed by atoms with Crippen molar-refractivity contribution < 1.29 is 4.39 Å². The summed E-state index contributed by atoms with van der Waals surface area (Å²) in [6.45, 7) is 3.58. The number of nitrogens with one attached hydrogen (secondary N) is 1. The van der Waals surface area contributed by atoms with Gasteiger partial charge in [0.15, 0.2) is 0 Å². The maximum absolute atomic E-state index is 13.3. The molecule has 0 atom stereocenters. The molecule has 0 bridgehead atoms. The molecule has 2 aromatic rings. The molecule has 0 radical (unpaired) electrons. The Morgan fingerprint density at radius 1 is 1.30 bits per heavy atom. The van der Waals surface area contributed by atoms with E-state index in [0.29, 0.717) is 0 Å². The van der Waals surface area contributed by atoms with Crippen molar-refractivity contribution in [3.05, 3.63) is 59.7 Å². The van der Waals surface area contributed by atoms with Gasteiger partial charge in [-0.15, -0.1) is 0 Å². The molecule has 1 aliphatic rings. The number of fused-ring (bicyclic) bond motifs is 1. The van der Waals surface area contributed by atoms with Gasteiger partial charge in [0, 0.05) is 44.3 Å². The highest BCUT2D eigenvalue weighted by Gasteiger charge is 2.18. The number of hydrogen-bond donors (Lipinski definition) is 1. The fourth-order valence-electron chi connectivity index (χ4n) is 2.60. The van der Waals surface area contributed by atoms with Gasteiger partial charge in [0.2, 0.25) is 0 Å². The summed E-state index contributed by atoms with van der Waals surface area (Å²) in [6.07, 6.45) is 4.66. The van der Waals surface area contributed by atoms with Crippen LogP contribution >= 0.6 is 0 Å². The summed E-state index contributed by atoms with van der Waals surface area (Å²) in [7, 11) is 0. The maximum Gasteiger partial charge on any atom is 0.125 e. The molecular weight excluding hydrogens is 253 g/mol. The molecule has 3 nitrogen and oxygen atoms in total. The monoisotopic (exact) mass is 271 g/mol. The number of nitrogens with zero attached hydrogens (tertiary/aromatic N) is 2. The highest BCUT2D eigenvalue weighted by atomic mass is 19.1. The van der Waals surface area contributed by atoms with Crippen LogP contribution in [0, 0.1) is 5.82 Å². The summed E-state index contributed by atoms with van der Waals surface area (Å²) in [4.78, 5) is 6.33. The third kappa shape index (κ3) is 2.96. The Balaban J connectivity index is 1.50. The number of aromatic nitrogens is 1. The van der Waals surface area contributed by atoms with E-state index in [1.165, 1.54) is 11.1 Å². The van der Waals surface area contributed by atoms with E-state index < -0.39 is 0 Å². The lowest BCUT2D eigenvalue weighted by molar-refractivity contribution is 0.626. The molecule has 1 aliphatic heterocycles. The molecule has 1 N–H and O–H groups in total. The van der Waals surface area contributed by atoms with Crippen LogP contribution in [0.15, 0.2) is 42.7 Å². The molecule has 4 heteroatoms. The summed E-state index contributed by atoms with van der Waals surface area (Å²) in [5, 5.41) is 3.40.